The van der Waals surface area contributed by atoms with Crippen LogP contribution < -0.4 is 9.08 Å². The maximum Gasteiger partial charge on any atom is 0.339 e. The van der Waals surface area contributed by atoms with E-state index in [2.05, 4.69) is 0 Å². The van der Waals surface area contributed by atoms with Crippen molar-refractivity contribution in [2.45, 2.75) is 38.5 Å². The van der Waals surface area contributed by atoms with E-state index >= 15 is 0 Å². The number of amides is 1. The summed E-state index contributed by atoms with van der Waals surface area (Å²) in [6.45, 7) is 5.96. The molecular formula is C19H21NO4S. The fourth-order valence-corrected chi connectivity index (χ4v) is 4.18. The van der Waals surface area contributed by atoms with Gasteiger partial charge >= 0.3 is 10.1 Å². The first-order chi connectivity index (χ1) is 11.8. The fraction of sp³-hybridized carbons (Fsp3) is 0.316. The van der Waals surface area contributed by atoms with Crippen LogP contribution in [0.3, 0.4) is 0 Å². The topological polar surface area (TPSA) is 63.7 Å². The van der Waals surface area contributed by atoms with Gasteiger partial charge in [0.25, 0.3) is 0 Å². The van der Waals surface area contributed by atoms with E-state index in [4.69, 9.17) is 4.18 Å². The third kappa shape index (κ3) is 3.69. The smallest absolute Gasteiger partial charge is 0.339 e. The number of benzene rings is 2. The van der Waals surface area contributed by atoms with Crippen molar-refractivity contribution in [3.63, 3.8) is 0 Å². The molecule has 0 fully saturated rings. The van der Waals surface area contributed by atoms with Crippen LogP contribution in [0, 0.1) is 13.8 Å². The first-order valence-electron chi connectivity index (χ1n) is 8.20. The zero-order valence-electron chi connectivity index (χ0n) is 14.6. The molecule has 0 aromatic heterocycles. The molecule has 0 N–H and O–H groups in total. The SMILES string of the molecule is CC(=O)N1CCCc2cc(S(=O)(=O)Oc3cc(C)cc(C)c3)ccc21. The Morgan fingerprint density at radius 1 is 1.08 bits per heavy atom. The molecule has 0 bridgehead atoms. The van der Waals surface area contributed by atoms with Gasteiger partial charge in [-0.25, -0.2) is 0 Å². The van der Waals surface area contributed by atoms with Gasteiger partial charge in [0.05, 0.1) is 0 Å². The molecule has 132 valence electrons. The highest BCUT2D eigenvalue weighted by atomic mass is 32.2. The first-order valence-corrected chi connectivity index (χ1v) is 9.61. The highest BCUT2D eigenvalue weighted by molar-refractivity contribution is 7.87. The van der Waals surface area contributed by atoms with Crippen LogP contribution in [-0.4, -0.2) is 20.9 Å². The van der Waals surface area contributed by atoms with Gasteiger partial charge in [-0.1, -0.05) is 6.07 Å². The number of hydrogen-bond donors (Lipinski definition) is 0. The van der Waals surface area contributed by atoms with Gasteiger partial charge < -0.3 is 9.08 Å². The van der Waals surface area contributed by atoms with E-state index in [0.29, 0.717) is 12.3 Å². The molecule has 25 heavy (non-hydrogen) atoms. The number of rotatable bonds is 3. The predicted molar refractivity (Wildman–Crippen MR) is 96.5 cm³/mol. The third-order valence-electron chi connectivity index (χ3n) is 4.24. The molecule has 5 nitrogen and oxygen atoms in total. The second-order valence-corrected chi connectivity index (χ2v) is 7.97. The molecule has 0 unspecified atom stereocenters. The van der Waals surface area contributed by atoms with Crippen molar-refractivity contribution in [1.29, 1.82) is 0 Å². The molecule has 0 radical (unpaired) electrons. The van der Waals surface area contributed by atoms with E-state index in [9.17, 15) is 13.2 Å². The van der Waals surface area contributed by atoms with Crippen LogP contribution in [-0.2, 0) is 21.3 Å². The maximum absolute atomic E-state index is 12.6. The molecule has 2 aromatic rings. The van der Waals surface area contributed by atoms with Crippen molar-refractivity contribution < 1.29 is 17.4 Å². The number of fused-ring (bicyclic) bond motifs is 1. The number of aryl methyl sites for hydroxylation is 3. The number of nitrogens with zero attached hydrogens (tertiary/aromatic N) is 1. The summed E-state index contributed by atoms with van der Waals surface area (Å²) in [5.41, 5.74) is 3.51. The van der Waals surface area contributed by atoms with Crippen LogP contribution in [0.2, 0.25) is 0 Å². The number of carbonyl (C=O) groups is 1. The Morgan fingerprint density at radius 2 is 1.76 bits per heavy atom. The number of hydrogen-bond acceptors (Lipinski definition) is 4. The van der Waals surface area contributed by atoms with Crippen molar-refractivity contribution in [1.82, 2.24) is 0 Å². The highest BCUT2D eigenvalue weighted by Crippen LogP contribution is 2.30. The minimum absolute atomic E-state index is 0.0388. The standard InChI is InChI=1S/C19H21NO4S/c1-13-9-14(2)11-17(10-13)24-25(22,23)18-6-7-19-16(12-18)5-4-8-20(19)15(3)21/h6-7,9-12H,4-5,8H2,1-3H3. The Balaban J connectivity index is 1.94. The zero-order valence-corrected chi connectivity index (χ0v) is 15.4. The molecule has 0 saturated carbocycles. The van der Waals surface area contributed by atoms with Crippen LogP contribution in [0.5, 0.6) is 5.75 Å². The molecule has 2 aromatic carbocycles. The summed E-state index contributed by atoms with van der Waals surface area (Å²) in [7, 11) is -3.92. The lowest BCUT2D eigenvalue weighted by molar-refractivity contribution is -0.116. The van der Waals surface area contributed by atoms with Crippen LogP contribution >= 0.6 is 0 Å². The van der Waals surface area contributed by atoms with Gasteiger partial charge in [0.15, 0.2) is 0 Å². The van der Waals surface area contributed by atoms with Gasteiger partial charge in [0.1, 0.15) is 10.6 Å². The second kappa shape index (κ2) is 6.52. The summed E-state index contributed by atoms with van der Waals surface area (Å²) in [4.78, 5) is 13.5. The van der Waals surface area contributed by atoms with E-state index in [-0.39, 0.29) is 10.8 Å². The summed E-state index contributed by atoms with van der Waals surface area (Å²) in [5.74, 6) is 0.267. The monoisotopic (exact) mass is 359 g/mol. The number of anilines is 1. The molecule has 1 aliphatic heterocycles. The molecule has 0 atom stereocenters. The lowest BCUT2D eigenvalue weighted by Gasteiger charge is -2.28. The van der Waals surface area contributed by atoms with E-state index in [0.717, 1.165) is 35.2 Å². The molecule has 0 spiro atoms. The minimum atomic E-state index is -3.92. The normalized spacial score (nSPS) is 14.1. The van der Waals surface area contributed by atoms with Crippen LogP contribution in [0.1, 0.15) is 30.0 Å². The minimum Gasteiger partial charge on any atom is -0.379 e. The van der Waals surface area contributed by atoms with Gasteiger partial charge in [0, 0.05) is 19.2 Å². The summed E-state index contributed by atoms with van der Waals surface area (Å²) in [6, 6.07) is 10.1. The van der Waals surface area contributed by atoms with E-state index in [1.165, 1.54) is 13.0 Å². The Bertz CT molecular complexity index is 914. The van der Waals surface area contributed by atoms with Gasteiger partial charge in [-0.2, -0.15) is 8.42 Å². The number of carbonyl (C=O) groups excluding carboxylic acids is 1. The average molecular weight is 359 g/mol. The predicted octanol–water partition coefficient (Wildman–Crippen LogP) is 3.37. The van der Waals surface area contributed by atoms with Crippen LogP contribution in [0.15, 0.2) is 41.3 Å². The van der Waals surface area contributed by atoms with Crippen LogP contribution in [0.4, 0.5) is 5.69 Å². The Morgan fingerprint density at radius 3 is 2.40 bits per heavy atom. The van der Waals surface area contributed by atoms with Crippen molar-refractivity contribution in [3.05, 3.63) is 53.1 Å². The Hall–Kier alpha value is -2.34. The van der Waals surface area contributed by atoms with Crippen LogP contribution in [0.25, 0.3) is 0 Å². The van der Waals surface area contributed by atoms with Crippen molar-refractivity contribution >= 4 is 21.7 Å². The molecule has 1 amide bonds. The molecule has 1 heterocycles. The Labute approximate surface area is 148 Å². The molecular weight excluding hydrogens is 338 g/mol. The second-order valence-electron chi connectivity index (χ2n) is 6.43. The fourth-order valence-electron chi connectivity index (χ4n) is 3.21. The van der Waals surface area contributed by atoms with E-state index in [1.54, 1.807) is 29.2 Å². The van der Waals surface area contributed by atoms with Crippen molar-refractivity contribution in [2.75, 3.05) is 11.4 Å². The molecule has 3 rings (SSSR count). The summed E-state index contributed by atoms with van der Waals surface area (Å²) in [5, 5.41) is 0. The zero-order chi connectivity index (χ0) is 18.2. The van der Waals surface area contributed by atoms with Gasteiger partial charge in [-0.05, 0) is 73.7 Å². The first kappa shape index (κ1) is 17.5. The van der Waals surface area contributed by atoms with Gasteiger partial charge in [0.2, 0.25) is 5.91 Å². The van der Waals surface area contributed by atoms with E-state index in [1.807, 2.05) is 19.9 Å². The highest BCUT2D eigenvalue weighted by Gasteiger charge is 2.24. The van der Waals surface area contributed by atoms with Crippen molar-refractivity contribution in [3.8, 4) is 5.75 Å². The maximum atomic E-state index is 12.6. The largest absolute Gasteiger partial charge is 0.379 e. The van der Waals surface area contributed by atoms with E-state index < -0.39 is 10.1 Å². The molecule has 0 saturated heterocycles. The van der Waals surface area contributed by atoms with Gasteiger partial charge in [-0.3, -0.25) is 4.79 Å². The Kier molecular flexibility index (Phi) is 4.56. The lowest BCUT2D eigenvalue weighted by atomic mass is 10.0. The summed E-state index contributed by atoms with van der Waals surface area (Å²) in [6.07, 6.45) is 1.56. The quantitative estimate of drug-likeness (QED) is 0.788. The average Bonchev–Trinajstić information content (AvgIpc) is 2.52. The molecule has 1 aliphatic rings. The molecule has 0 aliphatic carbocycles. The summed E-state index contributed by atoms with van der Waals surface area (Å²) < 4.78 is 30.6. The third-order valence-corrected chi connectivity index (χ3v) is 5.48. The van der Waals surface area contributed by atoms with Crippen molar-refractivity contribution in [2.24, 2.45) is 0 Å². The molecule has 6 heteroatoms. The summed E-state index contributed by atoms with van der Waals surface area (Å²) >= 11 is 0. The van der Waals surface area contributed by atoms with Gasteiger partial charge in [-0.15, -0.1) is 0 Å². The lowest BCUT2D eigenvalue weighted by Crippen LogP contribution is -2.33.